The first kappa shape index (κ1) is 15.4. The maximum absolute atomic E-state index is 13.7. The number of carbonyl (C=O) groups is 1. The first-order valence-corrected chi connectivity index (χ1v) is 7.73. The van der Waals surface area contributed by atoms with E-state index in [1.807, 2.05) is 0 Å². The highest BCUT2D eigenvalue weighted by Crippen LogP contribution is 2.25. The van der Waals surface area contributed by atoms with Gasteiger partial charge in [-0.2, -0.15) is 0 Å². The second-order valence-electron chi connectivity index (χ2n) is 6.00. The Kier molecular flexibility index (Phi) is 4.40. The molecule has 0 aromatic heterocycles. The Morgan fingerprint density at radius 3 is 2.50 bits per heavy atom. The van der Waals surface area contributed by atoms with E-state index < -0.39 is 17.5 Å². The van der Waals surface area contributed by atoms with Gasteiger partial charge >= 0.3 is 0 Å². The third-order valence-electron chi connectivity index (χ3n) is 4.70. The van der Waals surface area contributed by atoms with Crippen molar-refractivity contribution in [3.05, 3.63) is 35.4 Å². The van der Waals surface area contributed by atoms with Crippen LogP contribution in [0.15, 0.2) is 18.2 Å². The van der Waals surface area contributed by atoms with Gasteiger partial charge in [0, 0.05) is 32.2 Å². The maximum atomic E-state index is 13.7. The third-order valence-corrected chi connectivity index (χ3v) is 4.70. The van der Waals surface area contributed by atoms with E-state index in [-0.39, 0.29) is 17.7 Å². The average molecular weight is 310 g/mol. The van der Waals surface area contributed by atoms with Crippen LogP contribution in [0.25, 0.3) is 0 Å². The molecule has 1 aliphatic heterocycles. The van der Waals surface area contributed by atoms with Gasteiger partial charge in [0.1, 0.15) is 0 Å². The third kappa shape index (κ3) is 2.85. The number of piperazine rings is 1. The highest BCUT2D eigenvalue weighted by molar-refractivity contribution is 5.94. The Morgan fingerprint density at radius 1 is 1.14 bits per heavy atom. The van der Waals surface area contributed by atoms with Crippen LogP contribution in [0.2, 0.25) is 0 Å². The van der Waals surface area contributed by atoms with Crippen molar-refractivity contribution >= 4 is 5.91 Å². The van der Waals surface area contributed by atoms with Crippen LogP contribution in [0.1, 0.15) is 29.6 Å². The minimum Gasteiger partial charge on any atom is -0.391 e. The largest absolute Gasteiger partial charge is 0.391 e. The van der Waals surface area contributed by atoms with Crippen LogP contribution in [-0.4, -0.2) is 59.1 Å². The van der Waals surface area contributed by atoms with E-state index >= 15 is 0 Å². The lowest BCUT2D eigenvalue weighted by Gasteiger charge is -2.39. The molecule has 2 fully saturated rings. The number of aliphatic hydroxyl groups is 1. The van der Waals surface area contributed by atoms with Gasteiger partial charge < -0.3 is 10.0 Å². The summed E-state index contributed by atoms with van der Waals surface area (Å²) in [5, 5.41) is 9.95. The summed E-state index contributed by atoms with van der Waals surface area (Å²) in [7, 11) is 0. The maximum Gasteiger partial charge on any atom is 0.257 e. The summed E-state index contributed by atoms with van der Waals surface area (Å²) < 4.78 is 26.9. The van der Waals surface area contributed by atoms with Crippen LogP contribution in [0, 0.1) is 11.6 Å². The Hall–Kier alpha value is -1.53. The van der Waals surface area contributed by atoms with Gasteiger partial charge in [-0.15, -0.1) is 0 Å². The zero-order valence-electron chi connectivity index (χ0n) is 12.3. The smallest absolute Gasteiger partial charge is 0.257 e. The summed E-state index contributed by atoms with van der Waals surface area (Å²) in [6, 6.07) is 3.83. The first-order chi connectivity index (χ1) is 10.6. The molecule has 1 saturated carbocycles. The van der Waals surface area contributed by atoms with Crippen molar-refractivity contribution in [2.45, 2.75) is 31.4 Å². The number of benzene rings is 1. The summed E-state index contributed by atoms with van der Waals surface area (Å²) in [5.41, 5.74) is -0.214. The fourth-order valence-corrected chi connectivity index (χ4v) is 3.44. The Bertz CT molecular complexity index is 559. The van der Waals surface area contributed by atoms with Gasteiger partial charge in [0.15, 0.2) is 11.6 Å². The summed E-state index contributed by atoms with van der Waals surface area (Å²) in [6.45, 7) is 2.25. The van der Waals surface area contributed by atoms with E-state index in [1.54, 1.807) is 4.90 Å². The van der Waals surface area contributed by atoms with Crippen molar-refractivity contribution in [3.8, 4) is 0 Å². The molecule has 2 unspecified atom stereocenters. The molecular formula is C16H20F2N2O2. The fraction of sp³-hybridized carbons (Fsp3) is 0.562. The van der Waals surface area contributed by atoms with E-state index in [1.165, 1.54) is 12.1 Å². The summed E-state index contributed by atoms with van der Waals surface area (Å²) in [4.78, 5) is 16.1. The van der Waals surface area contributed by atoms with E-state index in [9.17, 15) is 18.7 Å². The normalized spacial score (nSPS) is 26.4. The van der Waals surface area contributed by atoms with Crippen LogP contribution in [0.4, 0.5) is 8.78 Å². The zero-order chi connectivity index (χ0) is 15.7. The molecule has 1 heterocycles. The molecule has 1 aromatic rings. The Morgan fingerprint density at radius 2 is 1.86 bits per heavy atom. The fourth-order valence-electron chi connectivity index (χ4n) is 3.44. The number of aliphatic hydroxyl groups excluding tert-OH is 1. The number of amides is 1. The zero-order valence-corrected chi connectivity index (χ0v) is 12.3. The second-order valence-corrected chi connectivity index (χ2v) is 6.00. The summed E-state index contributed by atoms with van der Waals surface area (Å²) in [5.74, 6) is -2.55. The van der Waals surface area contributed by atoms with E-state index in [0.29, 0.717) is 26.2 Å². The number of carbonyl (C=O) groups excluding carboxylic acids is 1. The van der Waals surface area contributed by atoms with Gasteiger partial charge in [0.05, 0.1) is 11.7 Å². The van der Waals surface area contributed by atoms with Crippen LogP contribution >= 0.6 is 0 Å². The molecule has 4 nitrogen and oxygen atoms in total. The van der Waals surface area contributed by atoms with Gasteiger partial charge in [-0.3, -0.25) is 9.69 Å². The van der Waals surface area contributed by atoms with Crippen molar-refractivity contribution in [3.63, 3.8) is 0 Å². The number of hydrogen-bond donors (Lipinski definition) is 1. The Labute approximate surface area is 128 Å². The van der Waals surface area contributed by atoms with Gasteiger partial charge in [-0.1, -0.05) is 6.07 Å². The highest BCUT2D eigenvalue weighted by Gasteiger charge is 2.33. The molecule has 2 aliphatic rings. The van der Waals surface area contributed by atoms with Gasteiger partial charge in [-0.25, -0.2) is 8.78 Å². The summed E-state index contributed by atoms with van der Waals surface area (Å²) in [6.07, 6.45) is 2.55. The second kappa shape index (κ2) is 6.30. The molecule has 1 N–H and O–H groups in total. The van der Waals surface area contributed by atoms with Crippen LogP contribution in [0.3, 0.4) is 0 Å². The molecule has 1 aromatic carbocycles. The van der Waals surface area contributed by atoms with Gasteiger partial charge in [0.25, 0.3) is 5.91 Å². The van der Waals surface area contributed by atoms with Crippen molar-refractivity contribution in [2.75, 3.05) is 26.2 Å². The highest BCUT2D eigenvalue weighted by atomic mass is 19.2. The van der Waals surface area contributed by atoms with Crippen LogP contribution in [-0.2, 0) is 0 Å². The standard InChI is InChI=1S/C16H20F2N2O2/c17-12-4-1-3-11(15(12)18)16(22)20-9-7-19(8-10-20)13-5-2-6-14(13)21/h1,3-4,13-14,21H,2,5-10H2. The van der Waals surface area contributed by atoms with Crippen molar-refractivity contribution < 1.29 is 18.7 Å². The van der Waals surface area contributed by atoms with Crippen LogP contribution in [0.5, 0.6) is 0 Å². The van der Waals surface area contributed by atoms with Crippen molar-refractivity contribution in [1.82, 2.24) is 9.80 Å². The summed E-state index contributed by atoms with van der Waals surface area (Å²) >= 11 is 0. The molecular weight excluding hydrogens is 290 g/mol. The molecule has 2 atom stereocenters. The van der Waals surface area contributed by atoms with Crippen LogP contribution < -0.4 is 0 Å². The number of rotatable bonds is 2. The monoisotopic (exact) mass is 310 g/mol. The SMILES string of the molecule is O=C(c1cccc(F)c1F)N1CCN(C2CCCC2O)CC1. The first-order valence-electron chi connectivity index (χ1n) is 7.73. The lowest BCUT2D eigenvalue weighted by Crippen LogP contribution is -2.53. The molecule has 6 heteroatoms. The molecule has 1 aliphatic carbocycles. The number of nitrogens with zero attached hydrogens (tertiary/aromatic N) is 2. The van der Waals surface area contributed by atoms with Crippen molar-refractivity contribution in [1.29, 1.82) is 0 Å². The Balaban J connectivity index is 1.63. The minimum atomic E-state index is -1.08. The van der Waals surface area contributed by atoms with E-state index in [2.05, 4.69) is 4.90 Å². The van der Waals surface area contributed by atoms with E-state index in [4.69, 9.17) is 0 Å². The minimum absolute atomic E-state index is 0.170. The van der Waals surface area contributed by atoms with Gasteiger partial charge in [-0.05, 0) is 31.4 Å². The molecule has 0 spiro atoms. The lowest BCUT2D eigenvalue weighted by molar-refractivity contribution is 0.0313. The predicted octanol–water partition coefficient (Wildman–Crippen LogP) is 1.64. The topological polar surface area (TPSA) is 43.8 Å². The lowest BCUT2D eigenvalue weighted by atomic mass is 10.1. The molecule has 120 valence electrons. The van der Waals surface area contributed by atoms with Gasteiger partial charge in [0.2, 0.25) is 0 Å². The number of halogens is 2. The van der Waals surface area contributed by atoms with E-state index in [0.717, 1.165) is 25.3 Å². The quantitative estimate of drug-likeness (QED) is 0.903. The molecule has 0 bridgehead atoms. The predicted molar refractivity (Wildman–Crippen MR) is 77.5 cm³/mol. The molecule has 0 radical (unpaired) electrons. The molecule has 1 saturated heterocycles. The van der Waals surface area contributed by atoms with Crippen molar-refractivity contribution in [2.24, 2.45) is 0 Å². The molecule has 22 heavy (non-hydrogen) atoms. The molecule has 3 rings (SSSR count). The average Bonchev–Trinajstić information content (AvgIpc) is 2.96. The molecule has 1 amide bonds. The number of hydrogen-bond acceptors (Lipinski definition) is 3.